The third kappa shape index (κ3) is 4.98. The first-order chi connectivity index (χ1) is 13.0. The van der Waals surface area contributed by atoms with Crippen LogP contribution in [-0.2, 0) is 27.5 Å². The second-order valence-corrected chi connectivity index (χ2v) is 9.43. The highest BCUT2D eigenvalue weighted by Gasteiger charge is 2.30. The fourth-order valence-electron chi connectivity index (χ4n) is 3.56. The van der Waals surface area contributed by atoms with Crippen molar-refractivity contribution in [3.05, 3.63) is 59.7 Å². The Bertz CT molecular complexity index is 882. The Labute approximate surface area is 161 Å². The predicted molar refractivity (Wildman–Crippen MR) is 109 cm³/mol. The molecule has 0 unspecified atom stereocenters. The molecule has 1 fully saturated rings. The van der Waals surface area contributed by atoms with Gasteiger partial charge in [-0.2, -0.15) is 0 Å². The smallest absolute Gasteiger partial charge is 0.224 e. The highest BCUT2D eigenvalue weighted by atomic mass is 32.2. The van der Waals surface area contributed by atoms with Crippen molar-refractivity contribution in [3.8, 4) is 0 Å². The quantitative estimate of drug-likeness (QED) is 0.761. The Morgan fingerprint density at radius 2 is 1.70 bits per heavy atom. The van der Waals surface area contributed by atoms with Gasteiger partial charge >= 0.3 is 0 Å². The molecular formula is C22H27NO3S. The third-order valence-electron chi connectivity index (χ3n) is 5.26. The van der Waals surface area contributed by atoms with Crippen LogP contribution in [0.1, 0.15) is 50.2 Å². The number of aryl methyl sites for hydroxylation is 2. The van der Waals surface area contributed by atoms with E-state index in [4.69, 9.17) is 0 Å². The van der Waals surface area contributed by atoms with E-state index < -0.39 is 9.84 Å². The molecule has 0 spiro atoms. The lowest BCUT2D eigenvalue weighted by molar-refractivity contribution is -0.116. The van der Waals surface area contributed by atoms with Crippen molar-refractivity contribution in [2.75, 3.05) is 5.32 Å². The van der Waals surface area contributed by atoms with E-state index in [0.29, 0.717) is 23.4 Å². The molecule has 1 N–H and O–H groups in total. The lowest BCUT2D eigenvalue weighted by Gasteiger charge is -2.12. The number of amides is 1. The normalized spacial score (nSPS) is 15.0. The molecule has 1 saturated carbocycles. The summed E-state index contributed by atoms with van der Waals surface area (Å²) in [6.07, 6.45) is 5.44. The van der Waals surface area contributed by atoms with Crippen molar-refractivity contribution in [1.82, 2.24) is 0 Å². The second kappa shape index (κ2) is 8.70. The molecular weight excluding hydrogens is 358 g/mol. The molecule has 0 bridgehead atoms. The molecule has 2 aromatic carbocycles. The first kappa shape index (κ1) is 19.6. The largest absolute Gasteiger partial charge is 0.326 e. The molecule has 27 heavy (non-hydrogen) atoms. The van der Waals surface area contributed by atoms with Gasteiger partial charge in [-0.15, -0.1) is 0 Å². The Kier molecular flexibility index (Phi) is 6.32. The van der Waals surface area contributed by atoms with Crippen molar-refractivity contribution in [2.24, 2.45) is 0 Å². The van der Waals surface area contributed by atoms with E-state index in [0.717, 1.165) is 37.7 Å². The summed E-state index contributed by atoms with van der Waals surface area (Å²) in [5, 5.41) is 2.55. The minimum absolute atomic E-state index is 0.106. The molecule has 144 valence electrons. The molecule has 0 aliphatic heterocycles. The number of rotatable bonds is 7. The number of carbonyl (C=O) groups excluding carboxylic acids is 1. The molecule has 0 heterocycles. The maximum atomic E-state index is 12.7. The summed E-state index contributed by atoms with van der Waals surface area (Å²) in [4.78, 5) is 12.6. The molecule has 0 radical (unpaired) electrons. The van der Waals surface area contributed by atoms with Crippen LogP contribution in [0.3, 0.4) is 0 Å². The highest BCUT2D eigenvalue weighted by Crippen LogP contribution is 2.30. The van der Waals surface area contributed by atoms with Gasteiger partial charge in [0, 0.05) is 12.1 Å². The second-order valence-electron chi connectivity index (χ2n) is 7.20. The minimum Gasteiger partial charge on any atom is -0.326 e. The molecule has 4 nitrogen and oxygen atoms in total. The molecule has 0 saturated heterocycles. The van der Waals surface area contributed by atoms with E-state index in [9.17, 15) is 13.2 Å². The SMILES string of the molecule is CCc1ccc(CCC(=O)Nc2cccc(S(=O)(=O)C3CCCC3)c2)cc1. The summed E-state index contributed by atoms with van der Waals surface area (Å²) in [7, 11) is -3.31. The van der Waals surface area contributed by atoms with E-state index >= 15 is 0 Å². The monoisotopic (exact) mass is 385 g/mol. The number of sulfone groups is 1. The van der Waals surface area contributed by atoms with Gasteiger partial charge in [0.05, 0.1) is 10.1 Å². The van der Waals surface area contributed by atoms with Crippen LogP contribution in [-0.4, -0.2) is 19.6 Å². The van der Waals surface area contributed by atoms with Crippen LogP contribution >= 0.6 is 0 Å². The van der Waals surface area contributed by atoms with Gasteiger partial charge in [-0.3, -0.25) is 4.79 Å². The van der Waals surface area contributed by atoms with E-state index in [2.05, 4.69) is 36.5 Å². The van der Waals surface area contributed by atoms with Gasteiger partial charge in [0.2, 0.25) is 5.91 Å². The summed E-state index contributed by atoms with van der Waals surface area (Å²) in [5.41, 5.74) is 2.95. The fraction of sp³-hybridized carbons (Fsp3) is 0.409. The lowest BCUT2D eigenvalue weighted by Crippen LogP contribution is -2.18. The lowest BCUT2D eigenvalue weighted by atomic mass is 10.1. The fourth-order valence-corrected chi connectivity index (χ4v) is 5.46. The van der Waals surface area contributed by atoms with Gasteiger partial charge in [-0.25, -0.2) is 8.42 Å². The molecule has 1 aliphatic carbocycles. The van der Waals surface area contributed by atoms with Crippen LogP contribution in [0, 0.1) is 0 Å². The summed E-state index contributed by atoms with van der Waals surface area (Å²) >= 11 is 0. The zero-order valence-corrected chi connectivity index (χ0v) is 16.6. The van der Waals surface area contributed by atoms with Gasteiger partial charge in [-0.1, -0.05) is 50.1 Å². The number of anilines is 1. The summed E-state index contributed by atoms with van der Waals surface area (Å²) in [6.45, 7) is 2.11. The van der Waals surface area contributed by atoms with E-state index in [1.807, 2.05) is 0 Å². The van der Waals surface area contributed by atoms with Crippen LogP contribution in [0.2, 0.25) is 0 Å². The Balaban J connectivity index is 1.60. The van der Waals surface area contributed by atoms with Crippen molar-refractivity contribution in [1.29, 1.82) is 0 Å². The third-order valence-corrected chi connectivity index (χ3v) is 7.52. The van der Waals surface area contributed by atoms with E-state index in [1.54, 1.807) is 24.3 Å². The number of carbonyl (C=O) groups is 1. The van der Waals surface area contributed by atoms with Crippen molar-refractivity contribution in [2.45, 2.75) is 62.0 Å². The van der Waals surface area contributed by atoms with Crippen LogP contribution in [0.25, 0.3) is 0 Å². The minimum atomic E-state index is -3.31. The molecule has 2 aromatic rings. The van der Waals surface area contributed by atoms with Crippen molar-refractivity contribution in [3.63, 3.8) is 0 Å². The standard InChI is InChI=1S/C22H27NO3S/c1-2-17-10-12-18(13-11-17)14-15-22(24)23-19-6-5-9-21(16-19)27(25,26)20-7-3-4-8-20/h5-6,9-13,16,20H,2-4,7-8,14-15H2,1H3,(H,23,24). The van der Waals surface area contributed by atoms with Crippen LogP contribution in [0.5, 0.6) is 0 Å². The first-order valence-corrected chi connectivity index (χ1v) is 11.3. The van der Waals surface area contributed by atoms with E-state index in [-0.39, 0.29) is 11.2 Å². The van der Waals surface area contributed by atoms with Crippen molar-refractivity contribution >= 4 is 21.4 Å². The predicted octanol–water partition coefficient (Wildman–Crippen LogP) is 4.54. The topological polar surface area (TPSA) is 63.2 Å². The summed E-state index contributed by atoms with van der Waals surface area (Å²) < 4.78 is 25.4. The molecule has 5 heteroatoms. The first-order valence-electron chi connectivity index (χ1n) is 9.70. The van der Waals surface area contributed by atoms with E-state index in [1.165, 1.54) is 5.56 Å². The Morgan fingerprint density at radius 3 is 2.37 bits per heavy atom. The molecule has 1 aliphatic rings. The maximum Gasteiger partial charge on any atom is 0.224 e. The van der Waals surface area contributed by atoms with Crippen LogP contribution < -0.4 is 5.32 Å². The molecule has 1 amide bonds. The Morgan fingerprint density at radius 1 is 1.04 bits per heavy atom. The molecule has 0 atom stereocenters. The van der Waals surface area contributed by atoms with Crippen LogP contribution in [0.15, 0.2) is 53.4 Å². The number of hydrogen-bond donors (Lipinski definition) is 1. The molecule has 3 rings (SSSR count). The number of benzene rings is 2. The zero-order valence-electron chi connectivity index (χ0n) is 15.8. The van der Waals surface area contributed by atoms with Gasteiger partial charge in [0.1, 0.15) is 0 Å². The number of hydrogen-bond acceptors (Lipinski definition) is 3. The summed E-state index contributed by atoms with van der Waals surface area (Å²) in [5.74, 6) is -0.106. The average molecular weight is 386 g/mol. The van der Waals surface area contributed by atoms with Crippen LogP contribution in [0.4, 0.5) is 5.69 Å². The Hall–Kier alpha value is -2.14. The van der Waals surface area contributed by atoms with Crippen molar-refractivity contribution < 1.29 is 13.2 Å². The van der Waals surface area contributed by atoms with Gasteiger partial charge in [0.15, 0.2) is 9.84 Å². The highest BCUT2D eigenvalue weighted by molar-refractivity contribution is 7.92. The number of nitrogens with one attached hydrogen (secondary N) is 1. The van der Waals surface area contributed by atoms with Gasteiger partial charge in [-0.05, 0) is 55.0 Å². The van der Waals surface area contributed by atoms with Gasteiger partial charge in [0.25, 0.3) is 0 Å². The maximum absolute atomic E-state index is 12.7. The molecule has 0 aromatic heterocycles. The van der Waals surface area contributed by atoms with Gasteiger partial charge < -0.3 is 5.32 Å². The average Bonchev–Trinajstić information content (AvgIpc) is 3.23. The zero-order chi connectivity index (χ0) is 19.3. The summed E-state index contributed by atoms with van der Waals surface area (Å²) in [6, 6.07) is 14.9.